The summed E-state index contributed by atoms with van der Waals surface area (Å²) < 4.78 is 0. The monoisotopic (exact) mass is 257 g/mol. The van der Waals surface area contributed by atoms with Crippen molar-refractivity contribution < 1.29 is 0 Å². The molecule has 0 saturated carbocycles. The lowest BCUT2D eigenvalue weighted by atomic mass is 9.98. The zero-order valence-corrected chi connectivity index (χ0v) is 12.2. The van der Waals surface area contributed by atoms with Crippen molar-refractivity contribution in [3.05, 3.63) is 46.8 Å². The molecule has 2 aromatic rings. The summed E-state index contributed by atoms with van der Waals surface area (Å²) in [6.07, 6.45) is 1.18. The molecule has 1 aromatic heterocycles. The number of hydrogen-bond donors (Lipinski definition) is 2. The van der Waals surface area contributed by atoms with E-state index < -0.39 is 0 Å². The second kappa shape index (κ2) is 5.91. The van der Waals surface area contributed by atoms with E-state index in [4.69, 9.17) is 0 Å². The molecule has 19 heavy (non-hydrogen) atoms. The van der Waals surface area contributed by atoms with Gasteiger partial charge in [-0.15, -0.1) is 0 Å². The number of anilines is 1. The van der Waals surface area contributed by atoms with E-state index in [-0.39, 0.29) is 0 Å². The van der Waals surface area contributed by atoms with E-state index in [0.29, 0.717) is 5.92 Å². The lowest BCUT2D eigenvalue weighted by Gasteiger charge is -2.11. The van der Waals surface area contributed by atoms with Crippen molar-refractivity contribution >= 4 is 5.69 Å². The Morgan fingerprint density at radius 1 is 1.21 bits per heavy atom. The van der Waals surface area contributed by atoms with Crippen LogP contribution in [0.1, 0.15) is 48.7 Å². The van der Waals surface area contributed by atoms with E-state index in [9.17, 15) is 0 Å². The first-order valence-electron chi connectivity index (χ1n) is 6.96. The molecule has 0 aliphatic carbocycles. The van der Waals surface area contributed by atoms with Gasteiger partial charge in [0.05, 0.1) is 5.69 Å². The van der Waals surface area contributed by atoms with Crippen LogP contribution in [0, 0.1) is 13.8 Å². The van der Waals surface area contributed by atoms with Crippen LogP contribution in [0.25, 0.3) is 0 Å². The van der Waals surface area contributed by atoms with E-state index in [1.54, 1.807) is 0 Å². The van der Waals surface area contributed by atoms with Gasteiger partial charge in [-0.1, -0.05) is 26.0 Å². The highest BCUT2D eigenvalue weighted by Crippen LogP contribution is 2.21. The fraction of sp³-hybridized carbons (Fsp3) is 0.438. The number of nitrogens with zero attached hydrogens (tertiary/aromatic N) is 1. The molecule has 0 aliphatic rings. The molecule has 1 heterocycles. The van der Waals surface area contributed by atoms with Crippen LogP contribution >= 0.6 is 0 Å². The van der Waals surface area contributed by atoms with Gasteiger partial charge in [0.15, 0.2) is 0 Å². The van der Waals surface area contributed by atoms with Crippen molar-refractivity contribution in [1.29, 1.82) is 0 Å². The van der Waals surface area contributed by atoms with Gasteiger partial charge in [-0.3, -0.25) is 5.10 Å². The Morgan fingerprint density at radius 2 is 1.89 bits per heavy atom. The van der Waals surface area contributed by atoms with Gasteiger partial charge in [-0.05, 0) is 43.9 Å². The lowest BCUT2D eigenvalue weighted by Crippen LogP contribution is -2.01. The minimum absolute atomic E-state index is 0.632. The third-order valence-corrected chi connectivity index (χ3v) is 3.84. The molecule has 1 atom stereocenters. The van der Waals surface area contributed by atoms with Gasteiger partial charge >= 0.3 is 0 Å². The number of benzene rings is 1. The quantitative estimate of drug-likeness (QED) is 0.844. The third kappa shape index (κ3) is 3.16. The van der Waals surface area contributed by atoms with Crippen LogP contribution < -0.4 is 5.32 Å². The third-order valence-electron chi connectivity index (χ3n) is 3.84. The van der Waals surface area contributed by atoms with E-state index >= 15 is 0 Å². The molecule has 0 saturated heterocycles. The Labute approximate surface area is 115 Å². The van der Waals surface area contributed by atoms with Crippen LogP contribution in [-0.4, -0.2) is 10.2 Å². The summed E-state index contributed by atoms with van der Waals surface area (Å²) in [5, 5.41) is 10.7. The highest BCUT2D eigenvalue weighted by atomic mass is 15.1. The van der Waals surface area contributed by atoms with E-state index in [2.05, 4.69) is 60.6 Å². The second-order valence-electron chi connectivity index (χ2n) is 5.20. The summed E-state index contributed by atoms with van der Waals surface area (Å²) in [6.45, 7) is 9.40. The second-order valence-corrected chi connectivity index (χ2v) is 5.20. The molecule has 0 radical (unpaired) electrons. The maximum absolute atomic E-state index is 4.21. The molecule has 0 amide bonds. The maximum atomic E-state index is 4.21. The first-order valence-corrected chi connectivity index (χ1v) is 6.96. The van der Waals surface area contributed by atoms with Crippen LogP contribution in [0.2, 0.25) is 0 Å². The molecule has 1 unspecified atom stereocenters. The molecule has 2 rings (SSSR count). The molecule has 3 nitrogen and oxygen atoms in total. The fourth-order valence-corrected chi connectivity index (χ4v) is 2.19. The standard InChI is InChI=1S/C16H23N3/c1-5-11(2)14-6-8-15(9-7-14)17-10-16-12(3)18-19-13(16)4/h6-9,11,17H,5,10H2,1-4H3,(H,18,19). The number of H-pyrrole nitrogens is 1. The average Bonchev–Trinajstić information content (AvgIpc) is 2.75. The first-order chi connectivity index (χ1) is 9.11. The van der Waals surface area contributed by atoms with Crippen molar-refractivity contribution in [3.63, 3.8) is 0 Å². The molecule has 1 aromatic carbocycles. The number of aryl methyl sites for hydroxylation is 2. The Hall–Kier alpha value is -1.77. The first kappa shape index (κ1) is 13.7. The van der Waals surface area contributed by atoms with Gasteiger partial charge in [0, 0.05) is 23.5 Å². The minimum Gasteiger partial charge on any atom is -0.381 e. The van der Waals surface area contributed by atoms with Gasteiger partial charge in [0.2, 0.25) is 0 Å². The van der Waals surface area contributed by atoms with Gasteiger partial charge in [0.1, 0.15) is 0 Å². The van der Waals surface area contributed by atoms with Crippen molar-refractivity contribution in [2.24, 2.45) is 0 Å². The summed E-state index contributed by atoms with van der Waals surface area (Å²) in [5.74, 6) is 0.632. The van der Waals surface area contributed by atoms with Crippen LogP contribution in [0.5, 0.6) is 0 Å². The number of hydrogen-bond acceptors (Lipinski definition) is 2. The molecule has 3 heteroatoms. The largest absolute Gasteiger partial charge is 0.381 e. The minimum atomic E-state index is 0.632. The van der Waals surface area contributed by atoms with Gasteiger partial charge in [-0.2, -0.15) is 5.10 Å². The maximum Gasteiger partial charge on any atom is 0.0643 e. The highest BCUT2D eigenvalue weighted by Gasteiger charge is 2.06. The summed E-state index contributed by atoms with van der Waals surface area (Å²) in [5.41, 5.74) is 6.03. The lowest BCUT2D eigenvalue weighted by molar-refractivity contribution is 0.734. The van der Waals surface area contributed by atoms with E-state index in [1.165, 1.54) is 17.5 Å². The molecular formula is C16H23N3. The SMILES string of the molecule is CCC(C)c1ccc(NCc2c(C)n[nH]c2C)cc1. The van der Waals surface area contributed by atoms with Crippen LogP contribution in [0.15, 0.2) is 24.3 Å². The van der Waals surface area contributed by atoms with Gasteiger partial charge < -0.3 is 5.32 Å². The highest BCUT2D eigenvalue weighted by molar-refractivity contribution is 5.46. The summed E-state index contributed by atoms with van der Waals surface area (Å²) >= 11 is 0. The Balaban J connectivity index is 2.01. The van der Waals surface area contributed by atoms with Crippen molar-refractivity contribution in [2.45, 2.75) is 46.6 Å². The number of aromatic nitrogens is 2. The van der Waals surface area contributed by atoms with E-state index in [0.717, 1.165) is 23.6 Å². The summed E-state index contributed by atoms with van der Waals surface area (Å²) in [4.78, 5) is 0. The molecule has 0 spiro atoms. The van der Waals surface area contributed by atoms with Gasteiger partial charge in [-0.25, -0.2) is 0 Å². The van der Waals surface area contributed by atoms with Crippen LogP contribution in [0.4, 0.5) is 5.69 Å². The molecule has 0 fully saturated rings. The van der Waals surface area contributed by atoms with Crippen molar-refractivity contribution in [2.75, 3.05) is 5.32 Å². The average molecular weight is 257 g/mol. The van der Waals surface area contributed by atoms with Gasteiger partial charge in [0.25, 0.3) is 0 Å². The molecule has 0 bridgehead atoms. The predicted octanol–water partition coefficient (Wildman–Crippen LogP) is 4.15. The fourth-order valence-electron chi connectivity index (χ4n) is 2.19. The van der Waals surface area contributed by atoms with Crippen LogP contribution in [-0.2, 0) is 6.54 Å². The predicted molar refractivity (Wildman–Crippen MR) is 80.5 cm³/mol. The zero-order valence-electron chi connectivity index (χ0n) is 12.2. The molecule has 2 N–H and O–H groups in total. The zero-order chi connectivity index (χ0) is 13.8. The molecular weight excluding hydrogens is 234 g/mol. The topological polar surface area (TPSA) is 40.7 Å². The Bertz CT molecular complexity index is 506. The summed E-state index contributed by atoms with van der Waals surface area (Å²) in [6, 6.07) is 8.75. The van der Waals surface area contributed by atoms with E-state index in [1.807, 2.05) is 6.92 Å². The number of nitrogens with one attached hydrogen (secondary N) is 2. The smallest absolute Gasteiger partial charge is 0.0643 e. The number of aromatic amines is 1. The molecule has 102 valence electrons. The van der Waals surface area contributed by atoms with Crippen molar-refractivity contribution in [1.82, 2.24) is 10.2 Å². The van der Waals surface area contributed by atoms with Crippen LogP contribution in [0.3, 0.4) is 0 Å². The Morgan fingerprint density at radius 3 is 2.42 bits per heavy atom. The summed E-state index contributed by atoms with van der Waals surface area (Å²) in [7, 11) is 0. The van der Waals surface area contributed by atoms with Crippen molar-refractivity contribution in [3.8, 4) is 0 Å². The molecule has 0 aliphatic heterocycles. The Kier molecular flexibility index (Phi) is 4.25. The normalized spacial score (nSPS) is 12.4. The number of rotatable bonds is 5.